The number of halogens is 1. The second-order valence-corrected chi connectivity index (χ2v) is 5.94. The Kier molecular flexibility index (Phi) is 3.87. The van der Waals surface area contributed by atoms with Crippen LogP contribution in [-0.4, -0.2) is 9.78 Å². The molecule has 0 spiro atoms. The number of hydrogen-bond donors (Lipinski definition) is 1. The summed E-state index contributed by atoms with van der Waals surface area (Å²) in [6.07, 6.45) is 4.14. The van der Waals surface area contributed by atoms with Crippen molar-refractivity contribution in [2.45, 2.75) is 25.9 Å². The lowest BCUT2D eigenvalue weighted by Crippen LogP contribution is -2.25. The maximum atomic E-state index is 12.2. The zero-order valence-corrected chi connectivity index (χ0v) is 12.6. The molecular formula is C15H16BrN3O. The Morgan fingerprint density at radius 3 is 2.75 bits per heavy atom. The van der Waals surface area contributed by atoms with Crippen molar-refractivity contribution >= 4 is 21.6 Å². The molecule has 1 aliphatic rings. The number of nitrogens with zero attached hydrogens (tertiary/aromatic N) is 2. The lowest BCUT2D eigenvalue weighted by molar-refractivity contribution is 0.532. The Morgan fingerprint density at radius 1 is 1.30 bits per heavy atom. The standard InChI is InChI=1S/C15H16BrN3O/c16-14-13(17-8-11-4-2-1-3-5-11)9-18-19(15(14)20)10-12-6-7-12/h1-5,9,12,17H,6-8,10H2. The van der Waals surface area contributed by atoms with E-state index in [1.807, 2.05) is 30.3 Å². The molecule has 104 valence electrons. The zero-order valence-electron chi connectivity index (χ0n) is 11.1. The van der Waals surface area contributed by atoms with E-state index in [0.717, 1.165) is 12.2 Å². The molecule has 4 nitrogen and oxygen atoms in total. The molecule has 0 radical (unpaired) electrons. The minimum atomic E-state index is -0.0602. The SMILES string of the molecule is O=c1c(Br)c(NCc2ccccc2)cnn1CC1CC1. The fourth-order valence-electron chi connectivity index (χ4n) is 2.06. The van der Waals surface area contributed by atoms with Gasteiger partial charge in [-0.1, -0.05) is 30.3 Å². The monoisotopic (exact) mass is 333 g/mol. The van der Waals surface area contributed by atoms with Crippen molar-refractivity contribution in [1.29, 1.82) is 0 Å². The van der Waals surface area contributed by atoms with E-state index in [-0.39, 0.29) is 5.56 Å². The number of nitrogens with one attached hydrogen (secondary N) is 1. The molecule has 0 amide bonds. The lowest BCUT2D eigenvalue weighted by Gasteiger charge is -2.10. The average Bonchev–Trinajstić information content (AvgIpc) is 3.28. The Morgan fingerprint density at radius 2 is 2.05 bits per heavy atom. The number of rotatable bonds is 5. The maximum absolute atomic E-state index is 12.2. The van der Waals surface area contributed by atoms with Crippen LogP contribution in [0.25, 0.3) is 0 Å². The van der Waals surface area contributed by atoms with Gasteiger partial charge in [0.2, 0.25) is 0 Å². The summed E-state index contributed by atoms with van der Waals surface area (Å²) < 4.78 is 2.11. The Hall–Kier alpha value is -1.62. The molecule has 2 aromatic rings. The molecular weight excluding hydrogens is 318 g/mol. The predicted octanol–water partition coefficient (Wildman–Crippen LogP) is 3.03. The number of benzene rings is 1. The van der Waals surface area contributed by atoms with Gasteiger partial charge in [0.15, 0.2) is 0 Å². The summed E-state index contributed by atoms with van der Waals surface area (Å²) in [4.78, 5) is 12.2. The van der Waals surface area contributed by atoms with Gasteiger partial charge in [0.25, 0.3) is 5.56 Å². The van der Waals surface area contributed by atoms with E-state index in [1.165, 1.54) is 18.4 Å². The summed E-state index contributed by atoms with van der Waals surface area (Å²) in [6, 6.07) is 10.1. The quantitative estimate of drug-likeness (QED) is 0.914. The molecule has 1 aromatic heterocycles. The normalized spacial score (nSPS) is 14.2. The second kappa shape index (κ2) is 5.79. The first kappa shape index (κ1) is 13.4. The largest absolute Gasteiger partial charge is 0.379 e. The van der Waals surface area contributed by atoms with E-state index >= 15 is 0 Å². The van der Waals surface area contributed by atoms with Crippen molar-refractivity contribution in [3.8, 4) is 0 Å². The highest BCUT2D eigenvalue weighted by atomic mass is 79.9. The Labute approximate surface area is 126 Å². The van der Waals surface area contributed by atoms with Crippen LogP contribution in [-0.2, 0) is 13.1 Å². The molecule has 0 bridgehead atoms. The van der Waals surface area contributed by atoms with Crippen LogP contribution in [0.5, 0.6) is 0 Å². The summed E-state index contributed by atoms with van der Waals surface area (Å²) in [5, 5.41) is 7.49. The van der Waals surface area contributed by atoms with Gasteiger partial charge in [0.05, 0.1) is 11.9 Å². The van der Waals surface area contributed by atoms with E-state index in [4.69, 9.17) is 0 Å². The first-order valence-electron chi connectivity index (χ1n) is 6.77. The summed E-state index contributed by atoms with van der Waals surface area (Å²) in [5.41, 5.74) is 1.85. The van der Waals surface area contributed by atoms with Crippen LogP contribution in [0.2, 0.25) is 0 Å². The molecule has 1 aliphatic carbocycles. The van der Waals surface area contributed by atoms with Gasteiger partial charge >= 0.3 is 0 Å². The third kappa shape index (κ3) is 3.10. The molecule has 1 N–H and O–H groups in total. The summed E-state index contributed by atoms with van der Waals surface area (Å²) in [6.45, 7) is 1.41. The van der Waals surface area contributed by atoms with E-state index in [9.17, 15) is 4.79 Å². The molecule has 0 atom stereocenters. The summed E-state index contributed by atoms with van der Waals surface area (Å²) in [5.74, 6) is 0.634. The van der Waals surface area contributed by atoms with Gasteiger partial charge in [-0.3, -0.25) is 4.79 Å². The second-order valence-electron chi connectivity index (χ2n) is 5.14. The molecule has 1 saturated carbocycles. The summed E-state index contributed by atoms with van der Waals surface area (Å²) >= 11 is 3.38. The van der Waals surface area contributed by atoms with E-state index < -0.39 is 0 Å². The van der Waals surface area contributed by atoms with Crippen LogP contribution in [0, 0.1) is 5.92 Å². The molecule has 3 rings (SSSR count). The first-order chi connectivity index (χ1) is 9.74. The van der Waals surface area contributed by atoms with Crippen molar-refractivity contribution in [3.05, 3.63) is 56.9 Å². The fourth-order valence-corrected chi connectivity index (χ4v) is 2.50. The third-order valence-corrected chi connectivity index (χ3v) is 4.21. The van der Waals surface area contributed by atoms with Crippen molar-refractivity contribution in [1.82, 2.24) is 9.78 Å². The van der Waals surface area contributed by atoms with Gasteiger partial charge in [-0.25, -0.2) is 4.68 Å². The number of anilines is 1. The molecule has 1 aromatic carbocycles. The highest BCUT2D eigenvalue weighted by Crippen LogP contribution is 2.30. The van der Waals surface area contributed by atoms with Crippen LogP contribution in [0.15, 0.2) is 45.8 Å². The lowest BCUT2D eigenvalue weighted by atomic mass is 10.2. The van der Waals surface area contributed by atoms with Crippen LogP contribution in [0.4, 0.5) is 5.69 Å². The fraction of sp³-hybridized carbons (Fsp3) is 0.333. The van der Waals surface area contributed by atoms with Crippen molar-refractivity contribution in [2.75, 3.05) is 5.32 Å². The van der Waals surface area contributed by atoms with Crippen LogP contribution in [0.3, 0.4) is 0 Å². The molecule has 1 fully saturated rings. The van der Waals surface area contributed by atoms with Crippen molar-refractivity contribution < 1.29 is 0 Å². The molecule has 0 saturated heterocycles. The molecule has 0 aliphatic heterocycles. The van der Waals surface area contributed by atoms with Crippen molar-refractivity contribution in [3.63, 3.8) is 0 Å². The molecule has 5 heteroatoms. The van der Waals surface area contributed by atoms with Gasteiger partial charge in [0, 0.05) is 13.1 Å². The molecule has 1 heterocycles. The minimum Gasteiger partial charge on any atom is -0.379 e. The van der Waals surface area contributed by atoms with E-state index in [1.54, 1.807) is 10.9 Å². The van der Waals surface area contributed by atoms with Crippen LogP contribution < -0.4 is 10.9 Å². The zero-order chi connectivity index (χ0) is 13.9. The highest BCUT2D eigenvalue weighted by molar-refractivity contribution is 9.10. The average molecular weight is 334 g/mol. The van der Waals surface area contributed by atoms with Gasteiger partial charge < -0.3 is 5.32 Å². The molecule has 0 unspecified atom stereocenters. The van der Waals surface area contributed by atoms with E-state index in [0.29, 0.717) is 16.9 Å². The van der Waals surface area contributed by atoms with Gasteiger partial charge in [-0.2, -0.15) is 5.10 Å². The Bertz CT molecular complexity index is 650. The third-order valence-electron chi connectivity index (χ3n) is 3.44. The van der Waals surface area contributed by atoms with Crippen molar-refractivity contribution in [2.24, 2.45) is 5.92 Å². The first-order valence-corrected chi connectivity index (χ1v) is 7.57. The maximum Gasteiger partial charge on any atom is 0.283 e. The van der Waals surface area contributed by atoms with Crippen LogP contribution in [0.1, 0.15) is 18.4 Å². The minimum absolute atomic E-state index is 0.0602. The summed E-state index contributed by atoms with van der Waals surface area (Å²) in [7, 11) is 0. The Balaban J connectivity index is 1.73. The predicted molar refractivity (Wildman–Crippen MR) is 82.7 cm³/mol. The van der Waals surface area contributed by atoms with Crippen LogP contribution >= 0.6 is 15.9 Å². The topological polar surface area (TPSA) is 46.9 Å². The van der Waals surface area contributed by atoms with Gasteiger partial charge in [-0.05, 0) is 40.3 Å². The van der Waals surface area contributed by atoms with Gasteiger partial charge in [0.1, 0.15) is 4.47 Å². The van der Waals surface area contributed by atoms with E-state index in [2.05, 4.69) is 26.3 Å². The number of hydrogen-bond acceptors (Lipinski definition) is 3. The highest BCUT2D eigenvalue weighted by Gasteiger charge is 2.23. The molecule has 20 heavy (non-hydrogen) atoms. The smallest absolute Gasteiger partial charge is 0.283 e. The number of aromatic nitrogens is 2. The van der Waals surface area contributed by atoms with Gasteiger partial charge in [-0.15, -0.1) is 0 Å².